The Balaban J connectivity index is 2.10. The average molecular weight is 210 g/mol. The molecule has 0 spiro atoms. The second-order valence-electron chi connectivity index (χ2n) is 3.84. The lowest BCUT2D eigenvalue weighted by molar-refractivity contribution is 0.550. The molecule has 1 aliphatic rings. The van der Waals surface area contributed by atoms with Gasteiger partial charge in [-0.3, -0.25) is 0 Å². The van der Waals surface area contributed by atoms with E-state index in [2.05, 4.69) is 12.1 Å². The molecule has 0 radical (unpaired) electrons. The molecular weight excluding hydrogens is 196 g/mol. The quantitative estimate of drug-likeness (QED) is 0.710. The third-order valence-electron chi connectivity index (χ3n) is 2.83. The fraction of sp³-hybridized carbons (Fsp3) is 0.455. The number of benzene rings is 1. The summed E-state index contributed by atoms with van der Waals surface area (Å²) >= 11 is 0. The molecule has 2 nitrogen and oxygen atoms in total. The molecule has 0 N–H and O–H groups in total. The van der Waals surface area contributed by atoms with Crippen molar-refractivity contribution < 1.29 is 8.42 Å². The van der Waals surface area contributed by atoms with Gasteiger partial charge in [0, 0.05) is 0 Å². The molecule has 1 aliphatic heterocycles. The largest absolute Gasteiger partial charge is 0.229 e. The van der Waals surface area contributed by atoms with Gasteiger partial charge in [0.25, 0.3) is 0 Å². The van der Waals surface area contributed by atoms with Crippen LogP contribution in [0.2, 0.25) is 0 Å². The minimum Gasteiger partial charge on any atom is -0.229 e. The predicted molar refractivity (Wildman–Crippen MR) is 57.1 cm³/mol. The van der Waals surface area contributed by atoms with Gasteiger partial charge < -0.3 is 0 Å². The number of hydrogen-bond donors (Lipinski definition) is 0. The molecule has 0 bridgehead atoms. The summed E-state index contributed by atoms with van der Waals surface area (Å²) in [7, 11) is -2.72. The van der Waals surface area contributed by atoms with E-state index >= 15 is 0 Å². The highest BCUT2D eigenvalue weighted by molar-refractivity contribution is 7.91. The highest BCUT2D eigenvalue weighted by atomic mass is 32.2. The Morgan fingerprint density at radius 3 is 2.14 bits per heavy atom. The summed E-state index contributed by atoms with van der Waals surface area (Å²) in [6.07, 6.45) is 1.57. The molecule has 0 unspecified atom stereocenters. The van der Waals surface area contributed by atoms with Gasteiger partial charge >= 0.3 is 0 Å². The van der Waals surface area contributed by atoms with E-state index < -0.39 is 9.84 Å². The molecule has 1 heterocycles. The van der Waals surface area contributed by atoms with Crippen LogP contribution in [0, 0.1) is 0 Å². The molecule has 3 heteroatoms. The van der Waals surface area contributed by atoms with Crippen molar-refractivity contribution in [2.75, 3.05) is 11.5 Å². The maximum atomic E-state index is 11.2. The van der Waals surface area contributed by atoms with Gasteiger partial charge in [-0.15, -0.1) is 0 Å². The summed E-state index contributed by atoms with van der Waals surface area (Å²) in [5, 5.41) is 0. The van der Waals surface area contributed by atoms with Gasteiger partial charge in [0.1, 0.15) is 9.84 Å². The van der Waals surface area contributed by atoms with E-state index in [-0.39, 0.29) is 0 Å². The van der Waals surface area contributed by atoms with E-state index in [0.29, 0.717) is 17.4 Å². The van der Waals surface area contributed by atoms with Gasteiger partial charge in [0.05, 0.1) is 11.5 Å². The van der Waals surface area contributed by atoms with Crippen LogP contribution in [0.15, 0.2) is 30.3 Å². The molecule has 0 amide bonds. The Morgan fingerprint density at radius 1 is 1.00 bits per heavy atom. The summed E-state index contributed by atoms with van der Waals surface area (Å²) in [4.78, 5) is 0. The van der Waals surface area contributed by atoms with Crippen molar-refractivity contribution in [3.8, 4) is 0 Å². The number of hydrogen-bond acceptors (Lipinski definition) is 2. The van der Waals surface area contributed by atoms with Crippen LogP contribution in [0.1, 0.15) is 24.3 Å². The Labute approximate surface area is 84.9 Å². The molecule has 0 aromatic heterocycles. The van der Waals surface area contributed by atoms with Crippen molar-refractivity contribution in [3.05, 3.63) is 35.9 Å². The Morgan fingerprint density at radius 2 is 1.57 bits per heavy atom. The smallest absolute Gasteiger partial charge is 0.150 e. The topological polar surface area (TPSA) is 34.1 Å². The predicted octanol–water partition coefficient (Wildman–Crippen LogP) is 1.98. The van der Waals surface area contributed by atoms with E-state index in [9.17, 15) is 8.42 Å². The molecule has 76 valence electrons. The van der Waals surface area contributed by atoms with E-state index in [1.54, 1.807) is 0 Å². The summed E-state index contributed by atoms with van der Waals surface area (Å²) in [5.74, 6) is 1.15. The van der Waals surface area contributed by atoms with Crippen molar-refractivity contribution in [1.29, 1.82) is 0 Å². The molecule has 1 saturated heterocycles. The van der Waals surface area contributed by atoms with Gasteiger partial charge in [-0.1, -0.05) is 30.3 Å². The van der Waals surface area contributed by atoms with Crippen molar-refractivity contribution in [3.63, 3.8) is 0 Å². The van der Waals surface area contributed by atoms with Gasteiger partial charge in [0.15, 0.2) is 0 Å². The Kier molecular flexibility index (Phi) is 2.59. The fourth-order valence-corrected chi connectivity index (χ4v) is 3.44. The van der Waals surface area contributed by atoms with Gasteiger partial charge in [-0.2, -0.15) is 0 Å². The Bertz CT molecular complexity index is 381. The van der Waals surface area contributed by atoms with Crippen LogP contribution in [-0.4, -0.2) is 19.9 Å². The summed E-state index contributed by atoms with van der Waals surface area (Å²) in [6.45, 7) is 0. The molecule has 0 saturated carbocycles. The van der Waals surface area contributed by atoms with Gasteiger partial charge in [-0.05, 0) is 24.3 Å². The summed E-state index contributed by atoms with van der Waals surface area (Å²) in [6, 6.07) is 10.2. The van der Waals surface area contributed by atoms with E-state index in [1.165, 1.54) is 5.56 Å². The van der Waals surface area contributed by atoms with Crippen LogP contribution >= 0.6 is 0 Å². The van der Waals surface area contributed by atoms with Crippen LogP contribution in [0.3, 0.4) is 0 Å². The van der Waals surface area contributed by atoms with E-state index in [1.807, 2.05) is 18.2 Å². The number of rotatable bonds is 1. The second kappa shape index (κ2) is 3.73. The van der Waals surface area contributed by atoms with Gasteiger partial charge in [0.2, 0.25) is 0 Å². The molecule has 0 atom stereocenters. The second-order valence-corrected chi connectivity index (χ2v) is 6.14. The zero-order valence-corrected chi connectivity index (χ0v) is 8.83. The van der Waals surface area contributed by atoms with Gasteiger partial charge in [-0.25, -0.2) is 8.42 Å². The molecule has 1 aromatic rings. The average Bonchev–Trinajstić information content (AvgIpc) is 2.19. The first kappa shape index (κ1) is 9.71. The van der Waals surface area contributed by atoms with Crippen molar-refractivity contribution in [2.24, 2.45) is 0 Å². The third kappa shape index (κ3) is 2.15. The first-order valence-electron chi connectivity index (χ1n) is 4.93. The molecule has 2 rings (SSSR count). The van der Waals surface area contributed by atoms with Crippen LogP contribution in [-0.2, 0) is 9.84 Å². The van der Waals surface area contributed by atoms with Crippen molar-refractivity contribution >= 4 is 9.84 Å². The summed E-state index contributed by atoms with van der Waals surface area (Å²) < 4.78 is 22.5. The minimum absolute atomic E-state index is 0.354. The molecule has 0 aliphatic carbocycles. The fourth-order valence-electron chi connectivity index (χ4n) is 1.95. The zero-order valence-electron chi connectivity index (χ0n) is 8.02. The lowest BCUT2D eigenvalue weighted by Crippen LogP contribution is -2.21. The van der Waals surface area contributed by atoms with Crippen molar-refractivity contribution in [2.45, 2.75) is 18.8 Å². The summed E-state index contributed by atoms with van der Waals surface area (Å²) in [5.41, 5.74) is 1.28. The monoisotopic (exact) mass is 210 g/mol. The van der Waals surface area contributed by atoms with Crippen LogP contribution < -0.4 is 0 Å². The maximum absolute atomic E-state index is 11.2. The maximum Gasteiger partial charge on any atom is 0.150 e. The van der Waals surface area contributed by atoms with E-state index in [0.717, 1.165) is 12.8 Å². The van der Waals surface area contributed by atoms with Crippen LogP contribution in [0.4, 0.5) is 0 Å². The first-order valence-corrected chi connectivity index (χ1v) is 6.75. The molecule has 14 heavy (non-hydrogen) atoms. The molecular formula is C11H14O2S. The first-order chi connectivity index (χ1) is 6.67. The standard InChI is InChI=1S/C11H14O2S/c12-14(13)8-6-11(7-9-14)10-4-2-1-3-5-10/h1-5,11H,6-9H2. The lowest BCUT2D eigenvalue weighted by Gasteiger charge is -2.21. The van der Waals surface area contributed by atoms with E-state index in [4.69, 9.17) is 0 Å². The SMILES string of the molecule is O=S1(=O)CCC(c2ccccc2)CC1. The molecule has 1 aromatic carbocycles. The molecule has 1 fully saturated rings. The Hall–Kier alpha value is -0.830. The highest BCUT2D eigenvalue weighted by Crippen LogP contribution is 2.28. The van der Waals surface area contributed by atoms with Crippen molar-refractivity contribution in [1.82, 2.24) is 0 Å². The lowest BCUT2D eigenvalue weighted by atomic mass is 9.94. The normalized spacial score (nSPS) is 22.0. The van der Waals surface area contributed by atoms with Crippen LogP contribution in [0.5, 0.6) is 0 Å². The van der Waals surface area contributed by atoms with Crippen LogP contribution in [0.25, 0.3) is 0 Å². The third-order valence-corrected chi connectivity index (χ3v) is 4.54. The minimum atomic E-state index is -2.72. The number of sulfone groups is 1. The highest BCUT2D eigenvalue weighted by Gasteiger charge is 2.24. The zero-order chi connectivity index (χ0) is 10.0.